The summed E-state index contributed by atoms with van der Waals surface area (Å²) in [6.45, 7) is 10.6. The van der Waals surface area contributed by atoms with Gasteiger partial charge in [0.25, 0.3) is 0 Å². The molecule has 4 aliphatic rings. The maximum Gasteiger partial charge on any atom is 0.341 e. The number of esters is 2. The third-order valence-electron chi connectivity index (χ3n) is 6.91. The van der Waals surface area contributed by atoms with Gasteiger partial charge in [-0.3, -0.25) is 0 Å². The highest BCUT2D eigenvalue weighted by atomic mass is 16.7. The molecule has 1 aliphatic carbocycles. The quantitative estimate of drug-likeness (QED) is 0.305. The number of hydrogen-bond acceptors (Lipinski definition) is 8. The SMILES string of the molecule is C=C1C(=O)O[C@@H]2[C@]3(C)CC/C=C(/C)[C@@H](O)[C@@H](OC(=O)[C@@]4(C)O[C@@H]4C)[C@@]12O[C@@H]3O. The van der Waals surface area contributed by atoms with Crippen molar-refractivity contribution in [1.82, 2.24) is 0 Å². The van der Waals surface area contributed by atoms with Gasteiger partial charge >= 0.3 is 11.9 Å². The Morgan fingerprint density at radius 1 is 1.32 bits per heavy atom. The average Bonchev–Trinajstić information content (AvgIpc) is 3.10. The first-order chi connectivity index (χ1) is 13.0. The van der Waals surface area contributed by atoms with Crippen LogP contribution in [-0.4, -0.2) is 64.1 Å². The molecule has 3 fully saturated rings. The van der Waals surface area contributed by atoms with E-state index in [0.717, 1.165) is 0 Å². The van der Waals surface area contributed by atoms with E-state index < -0.39 is 53.2 Å². The molecule has 8 nitrogen and oxygen atoms in total. The number of epoxide rings is 1. The van der Waals surface area contributed by atoms with Crippen LogP contribution in [0.1, 0.15) is 40.5 Å². The number of hydrogen-bond donors (Lipinski definition) is 2. The van der Waals surface area contributed by atoms with E-state index in [0.29, 0.717) is 18.4 Å². The number of allylic oxidation sites excluding steroid dienone is 1. The molecule has 3 heterocycles. The lowest BCUT2D eigenvalue weighted by molar-refractivity contribution is -0.208. The summed E-state index contributed by atoms with van der Waals surface area (Å²) in [4.78, 5) is 25.2. The molecule has 3 saturated heterocycles. The Balaban J connectivity index is 1.83. The zero-order valence-corrected chi connectivity index (χ0v) is 16.4. The van der Waals surface area contributed by atoms with E-state index in [1.165, 1.54) is 0 Å². The van der Waals surface area contributed by atoms with Gasteiger partial charge in [0.05, 0.1) is 17.1 Å². The van der Waals surface area contributed by atoms with E-state index in [1.807, 2.05) is 6.08 Å². The largest absolute Gasteiger partial charge is 0.455 e. The van der Waals surface area contributed by atoms with Crippen LogP contribution in [0.4, 0.5) is 0 Å². The lowest BCUT2D eigenvalue weighted by Gasteiger charge is -2.38. The number of aliphatic hydroxyl groups is 2. The molecule has 0 aromatic rings. The molecule has 0 aromatic carbocycles. The van der Waals surface area contributed by atoms with Gasteiger partial charge in [-0.1, -0.05) is 19.6 Å². The molecule has 4 rings (SSSR count). The number of carbonyl (C=O) groups is 2. The lowest BCUT2D eigenvalue weighted by atomic mass is 9.72. The molecule has 8 atom stereocenters. The van der Waals surface area contributed by atoms with Gasteiger partial charge in [0.15, 0.2) is 23.6 Å². The van der Waals surface area contributed by atoms with Crippen LogP contribution in [0.3, 0.4) is 0 Å². The molecule has 0 aromatic heterocycles. The first-order valence-electron chi connectivity index (χ1n) is 9.48. The molecule has 2 bridgehead atoms. The van der Waals surface area contributed by atoms with Crippen LogP contribution in [0.5, 0.6) is 0 Å². The summed E-state index contributed by atoms with van der Waals surface area (Å²) in [6, 6.07) is 0. The molecule has 28 heavy (non-hydrogen) atoms. The van der Waals surface area contributed by atoms with Crippen molar-refractivity contribution in [1.29, 1.82) is 0 Å². The Bertz CT molecular complexity index is 789. The van der Waals surface area contributed by atoms with Crippen LogP contribution in [-0.2, 0) is 28.5 Å². The summed E-state index contributed by atoms with van der Waals surface area (Å²) in [5, 5.41) is 21.7. The number of carbonyl (C=O) groups excluding carboxylic acids is 2. The molecule has 8 heteroatoms. The molecule has 0 radical (unpaired) electrons. The molecular formula is C20H26O8. The maximum atomic E-state index is 12.8. The van der Waals surface area contributed by atoms with Crippen LogP contribution in [0.2, 0.25) is 0 Å². The fourth-order valence-corrected chi connectivity index (χ4v) is 4.57. The van der Waals surface area contributed by atoms with E-state index in [1.54, 1.807) is 27.7 Å². The van der Waals surface area contributed by atoms with Crippen LogP contribution in [0.15, 0.2) is 23.8 Å². The van der Waals surface area contributed by atoms with Crippen LogP contribution >= 0.6 is 0 Å². The summed E-state index contributed by atoms with van der Waals surface area (Å²) < 4.78 is 22.5. The summed E-state index contributed by atoms with van der Waals surface area (Å²) in [6.07, 6.45) is -2.37. The van der Waals surface area contributed by atoms with E-state index in [4.69, 9.17) is 18.9 Å². The first kappa shape index (κ1) is 19.6. The van der Waals surface area contributed by atoms with Gasteiger partial charge in [0.1, 0.15) is 12.2 Å². The van der Waals surface area contributed by atoms with E-state index in [-0.39, 0.29) is 11.7 Å². The van der Waals surface area contributed by atoms with Gasteiger partial charge in [0, 0.05) is 0 Å². The second-order valence-electron chi connectivity index (χ2n) is 8.66. The predicted molar refractivity (Wildman–Crippen MR) is 94.8 cm³/mol. The van der Waals surface area contributed by atoms with Crippen LogP contribution in [0.25, 0.3) is 0 Å². The standard InChI is InChI=1S/C20H26O8/c1-9-7-6-8-18(4)15-20(28-16(18)23,10(2)14(22)26-15)13(12(9)21)25-17(24)19(5)11(3)27-19/h7,11-13,15-16,21,23H,2,6,8H2,1,3-5H3/b9-7-/t11-,12-,13-,15-,16+,18+,19+,20+/m1/s1. The molecule has 0 saturated carbocycles. The van der Waals surface area contributed by atoms with Crippen molar-refractivity contribution in [3.63, 3.8) is 0 Å². The predicted octanol–water partition coefficient (Wildman–Crippen LogP) is 0.752. The van der Waals surface area contributed by atoms with Gasteiger partial charge in [0.2, 0.25) is 0 Å². The van der Waals surface area contributed by atoms with Gasteiger partial charge in [-0.25, -0.2) is 9.59 Å². The van der Waals surface area contributed by atoms with Crippen molar-refractivity contribution in [2.45, 2.75) is 82.4 Å². The number of aliphatic hydroxyl groups excluding tert-OH is 2. The summed E-state index contributed by atoms with van der Waals surface area (Å²) in [5.41, 5.74) is -3.28. The molecule has 2 N–H and O–H groups in total. The van der Waals surface area contributed by atoms with E-state index in [2.05, 4.69) is 6.58 Å². The lowest BCUT2D eigenvalue weighted by Crippen LogP contribution is -2.58. The molecule has 154 valence electrons. The molecule has 0 spiro atoms. The van der Waals surface area contributed by atoms with E-state index in [9.17, 15) is 19.8 Å². The minimum Gasteiger partial charge on any atom is -0.455 e. The van der Waals surface area contributed by atoms with Gasteiger partial charge in [-0.2, -0.15) is 0 Å². The Morgan fingerprint density at radius 2 is 1.96 bits per heavy atom. The highest BCUT2D eigenvalue weighted by molar-refractivity contribution is 5.94. The average molecular weight is 394 g/mol. The van der Waals surface area contributed by atoms with Gasteiger partial charge in [-0.15, -0.1) is 0 Å². The van der Waals surface area contributed by atoms with Crippen molar-refractivity contribution in [3.8, 4) is 0 Å². The Kier molecular flexibility index (Phi) is 4.11. The Labute approximate surface area is 163 Å². The van der Waals surface area contributed by atoms with Crippen molar-refractivity contribution >= 4 is 11.9 Å². The molecule has 0 amide bonds. The van der Waals surface area contributed by atoms with Crippen LogP contribution < -0.4 is 0 Å². The van der Waals surface area contributed by atoms with E-state index >= 15 is 0 Å². The smallest absolute Gasteiger partial charge is 0.341 e. The van der Waals surface area contributed by atoms with Gasteiger partial charge in [-0.05, 0) is 39.2 Å². The minimum absolute atomic E-state index is 0.0817. The third kappa shape index (κ3) is 2.32. The number of rotatable bonds is 2. The fraction of sp³-hybridized carbons (Fsp3) is 0.700. The van der Waals surface area contributed by atoms with Crippen LogP contribution in [0, 0.1) is 5.41 Å². The Hall–Kier alpha value is -1.74. The Morgan fingerprint density at radius 3 is 2.57 bits per heavy atom. The fourth-order valence-electron chi connectivity index (χ4n) is 4.57. The molecule has 0 unspecified atom stereocenters. The zero-order chi connectivity index (χ0) is 20.6. The maximum absolute atomic E-state index is 12.8. The molecular weight excluding hydrogens is 368 g/mol. The first-order valence-corrected chi connectivity index (χ1v) is 9.48. The van der Waals surface area contributed by atoms with Crippen molar-refractivity contribution in [3.05, 3.63) is 23.8 Å². The topological polar surface area (TPSA) is 115 Å². The van der Waals surface area contributed by atoms with Crippen molar-refractivity contribution < 1.29 is 38.7 Å². The summed E-state index contributed by atoms with van der Waals surface area (Å²) in [7, 11) is 0. The molecule has 3 aliphatic heterocycles. The third-order valence-corrected chi connectivity index (χ3v) is 6.91. The van der Waals surface area contributed by atoms with Crippen molar-refractivity contribution in [2.75, 3.05) is 0 Å². The minimum atomic E-state index is -1.69. The normalized spacial score (nSPS) is 51.9. The number of ether oxygens (including phenoxy) is 4. The second-order valence-corrected chi connectivity index (χ2v) is 8.66. The second kappa shape index (κ2) is 5.89. The monoisotopic (exact) mass is 394 g/mol. The van der Waals surface area contributed by atoms with Gasteiger partial charge < -0.3 is 29.2 Å². The zero-order valence-electron chi connectivity index (χ0n) is 16.4. The highest BCUT2D eigenvalue weighted by Gasteiger charge is 2.74. The highest BCUT2D eigenvalue weighted by Crippen LogP contribution is 2.58. The van der Waals surface area contributed by atoms with Crippen molar-refractivity contribution in [2.24, 2.45) is 5.41 Å². The summed E-state index contributed by atoms with van der Waals surface area (Å²) in [5.74, 6) is -1.37. The summed E-state index contributed by atoms with van der Waals surface area (Å²) >= 11 is 0.